The van der Waals surface area contributed by atoms with Crippen LogP contribution >= 0.6 is 11.6 Å². The summed E-state index contributed by atoms with van der Waals surface area (Å²) in [6.45, 7) is 1.43. The molecule has 1 aliphatic heterocycles. The Morgan fingerprint density at radius 3 is 2.84 bits per heavy atom. The molecule has 0 atom stereocenters. The van der Waals surface area contributed by atoms with Crippen molar-refractivity contribution < 1.29 is 4.39 Å². The topological polar surface area (TPSA) is 29.3 Å². The largest absolute Gasteiger partial charge is 0.399 e. The highest BCUT2D eigenvalue weighted by Crippen LogP contribution is 2.31. The maximum absolute atomic E-state index is 13.8. The molecular formula is C15H14ClFN2. The quantitative estimate of drug-likeness (QED) is 0.849. The van der Waals surface area contributed by atoms with Crippen LogP contribution < -0.4 is 10.6 Å². The average molecular weight is 277 g/mol. The maximum Gasteiger partial charge on any atom is 0.129 e. The van der Waals surface area contributed by atoms with E-state index in [-0.39, 0.29) is 5.82 Å². The van der Waals surface area contributed by atoms with Crippen LogP contribution in [0.15, 0.2) is 36.4 Å². The number of benzene rings is 2. The lowest BCUT2D eigenvalue weighted by Gasteiger charge is -2.20. The molecule has 0 fully saturated rings. The van der Waals surface area contributed by atoms with E-state index in [4.69, 9.17) is 17.3 Å². The van der Waals surface area contributed by atoms with E-state index >= 15 is 0 Å². The minimum Gasteiger partial charge on any atom is -0.399 e. The van der Waals surface area contributed by atoms with Crippen molar-refractivity contribution in [2.45, 2.75) is 13.0 Å². The molecule has 19 heavy (non-hydrogen) atoms. The van der Waals surface area contributed by atoms with Gasteiger partial charge in [-0.1, -0.05) is 23.7 Å². The molecule has 0 radical (unpaired) electrons. The monoisotopic (exact) mass is 276 g/mol. The zero-order valence-electron chi connectivity index (χ0n) is 10.4. The van der Waals surface area contributed by atoms with Crippen molar-refractivity contribution >= 4 is 23.0 Å². The first-order valence-electron chi connectivity index (χ1n) is 6.21. The molecule has 4 heteroatoms. The second-order valence-corrected chi connectivity index (χ2v) is 5.23. The number of nitrogens with two attached hydrogens (primary N) is 1. The summed E-state index contributed by atoms with van der Waals surface area (Å²) in [6.07, 6.45) is 0.977. The Kier molecular flexibility index (Phi) is 3.07. The summed E-state index contributed by atoms with van der Waals surface area (Å²) in [5.41, 5.74) is 9.58. The van der Waals surface area contributed by atoms with Crippen LogP contribution in [0.25, 0.3) is 0 Å². The van der Waals surface area contributed by atoms with Gasteiger partial charge in [0.05, 0.1) is 0 Å². The van der Waals surface area contributed by atoms with Gasteiger partial charge in [-0.2, -0.15) is 0 Å². The minimum absolute atomic E-state index is 0.259. The van der Waals surface area contributed by atoms with Gasteiger partial charge in [0.1, 0.15) is 5.82 Å². The van der Waals surface area contributed by atoms with Crippen LogP contribution in [0.3, 0.4) is 0 Å². The molecule has 0 saturated carbocycles. The first-order chi connectivity index (χ1) is 9.13. The Morgan fingerprint density at radius 1 is 1.21 bits per heavy atom. The minimum atomic E-state index is -0.259. The molecule has 0 aliphatic carbocycles. The Hall–Kier alpha value is -1.74. The summed E-state index contributed by atoms with van der Waals surface area (Å²) in [7, 11) is 0. The van der Waals surface area contributed by atoms with E-state index in [1.54, 1.807) is 12.1 Å². The molecule has 1 heterocycles. The van der Waals surface area contributed by atoms with E-state index in [0.717, 1.165) is 24.3 Å². The Balaban J connectivity index is 1.88. The van der Waals surface area contributed by atoms with E-state index < -0.39 is 0 Å². The molecule has 0 aromatic heterocycles. The second-order valence-electron chi connectivity index (χ2n) is 4.80. The Labute approximate surface area is 116 Å². The standard InChI is InChI=1S/C15H14ClFN2/c16-12-3-1-11(14(17)7-12)9-19-6-5-10-2-4-13(18)8-15(10)19/h1-4,7-8H,5-6,9,18H2. The molecule has 2 nitrogen and oxygen atoms in total. The van der Waals surface area contributed by atoms with Crippen molar-refractivity contribution in [3.05, 3.63) is 58.4 Å². The van der Waals surface area contributed by atoms with Crippen LogP contribution in [0.1, 0.15) is 11.1 Å². The van der Waals surface area contributed by atoms with Gasteiger partial charge in [0.25, 0.3) is 0 Å². The van der Waals surface area contributed by atoms with Gasteiger partial charge in [0.2, 0.25) is 0 Å². The number of nitrogen functional groups attached to an aromatic ring is 1. The Morgan fingerprint density at radius 2 is 2.05 bits per heavy atom. The third-order valence-electron chi connectivity index (χ3n) is 3.48. The normalized spacial score (nSPS) is 13.7. The fraction of sp³-hybridized carbons (Fsp3) is 0.200. The molecule has 1 aliphatic rings. The van der Waals surface area contributed by atoms with Crippen LogP contribution in [-0.2, 0) is 13.0 Å². The van der Waals surface area contributed by atoms with Gasteiger partial charge in [0.15, 0.2) is 0 Å². The van der Waals surface area contributed by atoms with Gasteiger partial charge < -0.3 is 10.6 Å². The zero-order chi connectivity index (χ0) is 13.4. The number of fused-ring (bicyclic) bond motifs is 1. The lowest BCUT2D eigenvalue weighted by Crippen LogP contribution is -2.20. The third kappa shape index (κ3) is 2.38. The first-order valence-corrected chi connectivity index (χ1v) is 6.58. The van der Waals surface area contributed by atoms with Gasteiger partial charge in [-0.3, -0.25) is 0 Å². The molecule has 2 N–H and O–H groups in total. The van der Waals surface area contributed by atoms with Crippen molar-refractivity contribution in [3.8, 4) is 0 Å². The summed E-state index contributed by atoms with van der Waals surface area (Å²) < 4.78 is 13.8. The van der Waals surface area contributed by atoms with Gasteiger partial charge in [-0.15, -0.1) is 0 Å². The molecular weight excluding hydrogens is 263 g/mol. The maximum atomic E-state index is 13.8. The van der Waals surface area contributed by atoms with Crippen LogP contribution in [0.5, 0.6) is 0 Å². The second kappa shape index (κ2) is 4.74. The fourth-order valence-corrected chi connectivity index (χ4v) is 2.64. The van der Waals surface area contributed by atoms with Crippen molar-refractivity contribution in [3.63, 3.8) is 0 Å². The first kappa shape index (κ1) is 12.3. The van der Waals surface area contributed by atoms with E-state index in [1.807, 2.05) is 18.2 Å². The number of nitrogens with zero attached hydrogens (tertiary/aromatic N) is 1. The highest BCUT2D eigenvalue weighted by molar-refractivity contribution is 6.30. The number of rotatable bonds is 2. The zero-order valence-corrected chi connectivity index (χ0v) is 11.1. The molecule has 98 valence electrons. The van der Waals surface area contributed by atoms with Crippen LogP contribution in [0.4, 0.5) is 15.8 Å². The fourth-order valence-electron chi connectivity index (χ4n) is 2.48. The molecule has 2 aromatic rings. The molecule has 0 amide bonds. The molecule has 3 rings (SSSR count). The predicted octanol–water partition coefficient (Wildman–Crippen LogP) is 3.62. The Bertz CT molecular complexity index is 628. The van der Waals surface area contributed by atoms with Gasteiger partial charge in [-0.05, 0) is 36.2 Å². The summed E-state index contributed by atoms with van der Waals surface area (Å²) in [5, 5.41) is 0.423. The van der Waals surface area contributed by atoms with Gasteiger partial charge in [0, 0.05) is 35.1 Å². The van der Waals surface area contributed by atoms with E-state index in [9.17, 15) is 4.39 Å². The molecule has 2 aromatic carbocycles. The molecule has 0 unspecified atom stereocenters. The molecule has 0 saturated heterocycles. The van der Waals surface area contributed by atoms with Gasteiger partial charge >= 0.3 is 0 Å². The van der Waals surface area contributed by atoms with Crippen LogP contribution in [-0.4, -0.2) is 6.54 Å². The lowest BCUT2D eigenvalue weighted by atomic mass is 10.1. The SMILES string of the molecule is Nc1ccc2c(c1)N(Cc1ccc(Cl)cc1F)CC2. The summed E-state index contributed by atoms with van der Waals surface area (Å²) in [6, 6.07) is 10.7. The summed E-state index contributed by atoms with van der Waals surface area (Å²) >= 11 is 5.77. The highest BCUT2D eigenvalue weighted by atomic mass is 35.5. The lowest BCUT2D eigenvalue weighted by molar-refractivity contribution is 0.606. The molecule has 0 bridgehead atoms. The highest BCUT2D eigenvalue weighted by Gasteiger charge is 2.20. The number of hydrogen-bond acceptors (Lipinski definition) is 2. The summed E-state index contributed by atoms with van der Waals surface area (Å²) in [4.78, 5) is 2.15. The van der Waals surface area contributed by atoms with Crippen molar-refractivity contribution in [1.29, 1.82) is 0 Å². The van der Waals surface area contributed by atoms with Crippen molar-refractivity contribution in [2.24, 2.45) is 0 Å². The smallest absolute Gasteiger partial charge is 0.129 e. The average Bonchev–Trinajstić information content (AvgIpc) is 2.75. The number of halogens is 2. The summed E-state index contributed by atoms with van der Waals surface area (Å²) in [5.74, 6) is -0.259. The van der Waals surface area contributed by atoms with E-state index in [1.165, 1.54) is 11.6 Å². The van der Waals surface area contributed by atoms with Crippen LogP contribution in [0, 0.1) is 5.82 Å². The van der Waals surface area contributed by atoms with E-state index in [0.29, 0.717) is 17.1 Å². The van der Waals surface area contributed by atoms with E-state index in [2.05, 4.69) is 4.90 Å². The van der Waals surface area contributed by atoms with Crippen molar-refractivity contribution in [2.75, 3.05) is 17.2 Å². The predicted molar refractivity (Wildman–Crippen MR) is 77.0 cm³/mol. The number of anilines is 2. The third-order valence-corrected chi connectivity index (χ3v) is 3.71. The van der Waals surface area contributed by atoms with Crippen LogP contribution in [0.2, 0.25) is 5.02 Å². The van der Waals surface area contributed by atoms with Gasteiger partial charge in [-0.25, -0.2) is 4.39 Å². The van der Waals surface area contributed by atoms with Crippen molar-refractivity contribution in [1.82, 2.24) is 0 Å². The molecule has 0 spiro atoms. The number of hydrogen-bond donors (Lipinski definition) is 1.